The van der Waals surface area contributed by atoms with Crippen molar-refractivity contribution in [2.24, 2.45) is 29.2 Å². The Morgan fingerprint density at radius 3 is 0.364 bits per heavy atom. The quantitative estimate of drug-likeness (QED) is 0.260. The van der Waals surface area contributed by atoms with Gasteiger partial charge >= 0.3 is 0 Å². The van der Waals surface area contributed by atoms with Gasteiger partial charge in [0.1, 0.15) is 0 Å². The second-order valence-electron chi connectivity index (χ2n) is 0. The van der Waals surface area contributed by atoms with Crippen molar-refractivity contribution in [1.82, 2.24) is 0 Å². The van der Waals surface area contributed by atoms with Crippen LogP contribution >= 0.6 is 0 Å². The number of rotatable bonds is 0. The fourth-order valence-electron chi connectivity index (χ4n) is 0. The monoisotopic (exact) mass is 206 g/mol. The van der Waals surface area contributed by atoms with Gasteiger partial charge in [-0.15, -0.1) is 0 Å². The Bertz CT molecular complexity index is 4.83. The fourth-order valence-corrected chi connectivity index (χ4v) is 0. The van der Waals surface area contributed by atoms with E-state index < -0.39 is 0 Å². The van der Waals surface area contributed by atoms with Crippen LogP contribution in [-0.4, -0.2) is 0 Å². The van der Waals surface area contributed by atoms with Crippen molar-refractivity contribution in [3.63, 3.8) is 0 Å². The third-order valence-electron chi connectivity index (χ3n) is 0. The number of nitrogens with one attached hydrogen (secondary N) is 5. The van der Waals surface area contributed by atoms with Crippen LogP contribution in [0.15, 0.2) is 0 Å². The Morgan fingerprint density at radius 2 is 0.364 bits per heavy atom. The van der Waals surface area contributed by atoms with Gasteiger partial charge in [0.25, 0.3) is 0 Å². The maximum atomic E-state index is 5.25. The first-order valence-electron chi connectivity index (χ1n) is 1.44. The molecule has 0 unspecified atom stereocenters. The summed E-state index contributed by atoms with van der Waals surface area (Å²) in [5, 5.41) is 0. The molecule has 0 aromatic carbocycles. The van der Waals surface area contributed by atoms with E-state index in [1.54, 1.807) is 0 Å². The minimum absolute atomic E-state index is 0. The van der Waals surface area contributed by atoms with Crippen LogP contribution in [0.5, 0.6) is 0 Å². The van der Waals surface area contributed by atoms with E-state index in [0.717, 1.165) is 0 Å². The molecule has 0 aliphatic rings. The first-order valence-corrected chi connectivity index (χ1v) is 1.44. The summed E-state index contributed by atoms with van der Waals surface area (Å²) >= 11 is 0. The predicted octanol–water partition coefficient (Wildman–Crippen LogP) is -0.441. The summed E-state index contributed by atoms with van der Waals surface area (Å²) in [4.78, 5) is 0. The second kappa shape index (κ2) is 25300. The van der Waals surface area contributed by atoms with Crippen molar-refractivity contribution in [3.05, 3.63) is 29.2 Å². The van der Waals surface area contributed by atoms with Crippen molar-refractivity contribution in [2.45, 2.75) is 0 Å². The summed E-state index contributed by atoms with van der Waals surface area (Å²) in [6.45, 7) is 0. The zero-order valence-electron chi connectivity index (χ0n) is 5.83. The Hall–Kier alpha value is 0.184. The Morgan fingerprint density at radius 1 is 0.364 bits per heavy atom. The van der Waals surface area contributed by atoms with E-state index in [1.165, 1.54) is 0 Å². The van der Waals surface area contributed by atoms with E-state index in [-0.39, 0.29) is 18.6 Å². The van der Waals surface area contributed by atoms with E-state index in [1.807, 2.05) is 0 Å². The molecule has 15 N–H and O–H groups in total. The molecule has 0 spiro atoms. The first kappa shape index (κ1) is 43.2. The molecule has 0 aliphatic heterocycles. The molecular weight excluding hydrogens is 191 g/mol. The SMILES string of the molecule is [NH-]N.[NH-]N.[NH-]N.[NH-]N.[NH-]N.[V]. The van der Waals surface area contributed by atoms with Gasteiger partial charge < -0.3 is 58.4 Å². The topological polar surface area (TPSA) is 249 Å². The molecule has 0 rings (SSSR count). The molecule has 11 heteroatoms. The molecule has 0 saturated carbocycles. The van der Waals surface area contributed by atoms with Crippen LogP contribution in [0.4, 0.5) is 0 Å². The Labute approximate surface area is 77.7 Å². The molecule has 0 amide bonds. The van der Waals surface area contributed by atoms with Gasteiger partial charge in [-0.1, -0.05) is 0 Å². The molecule has 1 radical (unpaired) electrons. The number of hydrogen-bond acceptors (Lipinski definition) is 5. The zero-order valence-corrected chi connectivity index (χ0v) is 7.23. The van der Waals surface area contributed by atoms with E-state index in [4.69, 9.17) is 29.2 Å². The van der Waals surface area contributed by atoms with Gasteiger partial charge in [-0.25, -0.2) is 0 Å². The van der Waals surface area contributed by atoms with Crippen LogP contribution in [0.1, 0.15) is 0 Å². The summed E-state index contributed by atoms with van der Waals surface area (Å²) in [7, 11) is 0. The molecule has 0 aromatic heterocycles. The first-order chi connectivity index (χ1) is 5.00. The number of hydrogen-bond donors (Lipinski definition) is 5. The van der Waals surface area contributed by atoms with Crippen molar-refractivity contribution < 1.29 is 18.6 Å². The van der Waals surface area contributed by atoms with E-state index in [9.17, 15) is 0 Å². The maximum absolute atomic E-state index is 5.25. The Kier molecular flexibility index (Phi) is 99100. The minimum atomic E-state index is 0. The molecule has 10 nitrogen and oxygen atoms in total. The van der Waals surface area contributed by atoms with Gasteiger partial charge in [0, 0.05) is 18.6 Å². The van der Waals surface area contributed by atoms with Crippen molar-refractivity contribution in [1.29, 1.82) is 0 Å². The molecular formula is H15N10V-5. The van der Waals surface area contributed by atoms with Crippen molar-refractivity contribution in [3.8, 4) is 0 Å². The molecule has 0 aliphatic carbocycles. The average Bonchev–Trinajstić information content (AvgIpc) is 2.20. The largest absolute Gasteiger partial charge is 0.615 e. The third kappa shape index (κ3) is 20100. The second-order valence-corrected chi connectivity index (χ2v) is 0. The van der Waals surface area contributed by atoms with Crippen LogP contribution in [-0.2, 0) is 18.6 Å². The van der Waals surface area contributed by atoms with Gasteiger partial charge in [0.2, 0.25) is 0 Å². The predicted molar refractivity (Wildman–Crippen MR) is 42.5 cm³/mol. The van der Waals surface area contributed by atoms with Gasteiger partial charge in [-0.2, -0.15) is 0 Å². The summed E-state index contributed by atoms with van der Waals surface area (Å²) in [5.41, 5.74) is 0. The average molecular weight is 206 g/mol. The summed E-state index contributed by atoms with van der Waals surface area (Å²) < 4.78 is 0. The number of nitrogens with two attached hydrogens (primary N) is 5. The molecule has 0 heterocycles. The van der Waals surface area contributed by atoms with Gasteiger partial charge in [-0.3, -0.25) is 0 Å². The summed E-state index contributed by atoms with van der Waals surface area (Å²) in [6, 6.07) is 0. The van der Waals surface area contributed by atoms with E-state index >= 15 is 0 Å². The van der Waals surface area contributed by atoms with Crippen LogP contribution in [0.2, 0.25) is 0 Å². The summed E-state index contributed by atoms with van der Waals surface area (Å²) in [6.07, 6.45) is 0. The molecule has 75 valence electrons. The summed E-state index contributed by atoms with van der Waals surface area (Å²) in [5.74, 6) is 45.0. The smallest absolute Gasteiger partial charge is 0 e. The fraction of sp³-hybridized carbons (Fsp3) is 0. The molecule has 0 aromatic rings. The molecule has 11 heavy (non-hydrogen) atoms. The normalized spacial score (nSPS) is 2.73. The molecule has 0 saturated heterocycles. The van der Waals surface area contributed by atoms with Gasteiger partial charge in [0.15, 0.2) is 0 Å². The van der Waals surface area contributed by atoms with Crippen LogP contribution in [0.3, 0.4) is 0 Å². The molecule has 0 fully saturated rings. The Balaban J connectivity index is -0.00000000694. The molecule has 0 atom stereocenters. The standard InChI is InChI=1S/5H3N2.V/c5*1-2;/h5*1H,2H2;/q5*-1;. The van der Waals surface area contributed by atoms with Crippen molar-refractivity contribution in [2.75, 3.05) is 0 Å². The minimum Gasteiger partial charge on any atom is -0.615 e. The van der Waals surface area contributed by atoms with Crippen LogP contribution in [0.25, 0.3) is 29.2 Å². The molecule has 0 bridgehead atoms. The third-order valence-corrected chi connectivity index (χ3v) is 0. The van der Waals surface area contributed by atoms with Crippen LogP contribution in [0, 0.1) is 0 Å². The van der Waals surface area contributed by atoms with Crippen molar-refractivity contribution >= 4 is 0 Å². The van der Waals surface area contributed by atoms with Crippen LogP contribution < -0.4 is 29.2 Å². The van der Waals surface area contributed by atoms with Gasteiger partial charge in [0.05, 0.1) is 0 Å². The van der Waals surface area contributed by atoms with E-state index in [2.05, 4.69) is 29.2 Å². The maximum Gasteiger partial charge on any atom is 0 e. The zero-order chi connectivity index (χ0) is 10.0. The van der Waals surface area contributed by atoms with E-state index in [0.29, 0.717) is 0 Å². The van der Waals surface area contributed by atoms with Gasteiger partial charge in [-0.05, 0) is 0 Å².